The first kappa shape index (κ1) is 21.8. The molecule has 0 radical (unpaired) electrons. The Hall–Kier alpha value is -2.05. The normalized spacial score (nSPS) is 23.9. The summed E-state index contributed by atoms with van der Waals surface area (Å²) in [5, 5.41) is 6.32. The Morgan fingerprint density at radius 2 is 2.16 bits per heavy atom. The van der Waals surface area contributed by atoms with Crippen molar-refractivity contribution >= 4 is 33.1 Å². The molecule has 1 saturated heterocycles. The van der Waals surface area contributed by atoms with E-state index in [0.717, 1.165) is 73.4 Å². The Kier molecular flexibility index (Phi) is 6.17. The second-order valence-corrected chi connectivity index (χ2v) is 10.2. The van der Waals surface area contributed by atoms with Crippen LogP contribution in [0.4, 0.5) is 4.39 Å². The minimum atomic E-state index is -0.775. The minimum Gasteiger partial charge on any atom is -0.379 e. The summed E-state index contributed by atoms with van der Waals surface area (Å²) >= 11 is 5.13. The number of nitrogens with one attached hydrogen (secondary N) is 1. The molecule has 1 aliphatic carbocycles. The van der Waals surface area contributed by atoms with Gasteiger partial charge in [-0.1, -0.05) is 33.8 Å². The zero-order valence-electron chi connectivity index (χ0n) is 17.8. The van der Waals surface area contributed by atoms with E-state index in [4.69, 9.17) is 9.73 Å². The molecule has 5 nitrogen and oxygen atoms in total. The molecule has 8 heteroatoms. The van der Waals surface area contributed by atoms with Gasteiger partial charge in [-0.15, -0.1) is 11.3 Å². The lowest BCUT2D eigenvalue weighted by Gasteiger charge is -2.36. The lowest BCUT2D eigenvalue weighted by molar-refractivity contribution is 0.0416. The van der Waals surface area contributed by atoms with Gasteiger partial charge in [-0.2, -0.15) is 0 Å². The number of morpholine rings is 1. The molecule has 2 aromatic rings. The van der Waals surface area contributed by atoms with E-state index in [9.17, 15) is 4.39 Å². The average Bonchev–Trinajstić information content (AvgIpc) is 3.43. The summed E-state index contributed by atoms with van der Waals surface area (Å²) in [6.07, 6.45) is 4.08. The zero-order valence-corrected chi connectivity index (χ0v) is 20.2. The standard InChI is InChI=1S/C24H24BrFN4OS/c1-24(18-7-5-17(26)14-20(18)25)19(6-4-16-2-3-16)21(15-30-9-11-31-12-10-30)28-22(29-24)23-27-8-13-32-23/h5,7-8,13-14,16H,2-3,9-12,15H2,1H3,(H,28,29)/t24-/m1/s1. The van der Waals surface area contributed by atoms with Crippen molar-refractivity contribution in [1.82, 2.24) is 15.2 Å². The van der Waals surface area contributed by atoms with Crippen LogP contribution in [0.5, 0.6) is 0 Å². The smallest absolute Gasteiger partial charge is 0.163 e. The molecule has 1 aromatic carbocycles. The van der Waals surface area contributed by atoms with E-state index in [-0.39, 0.29) is 5.82 Å². The summed E-state index contributed by atoms with van der Waals surface area (Å²) < 4.78 is 20.2. The number of hydrogen-bond acceptors (Lipinski definition) is 6. The van der Waals surface area contributed by atoms with Crippen LogP contribution in [0.2, 0.25) is 0 Å². The number of aromatic nitrogens is 1. The van der Waals surface area contributed by atoms with Crippen molar-refractivity contribution in [2.75, 3.05) is 32.8 Å². The van der Waals surface area contributed by atoms with Crippen molar-refractivity contribution in [2.24, 2.45) is 10.9 Å². The third-order valence-electron chi connectivity index (χ3n) is 5.95. The molecule has 2 fully saturated rings. The van der Waals surface area contributed by atoms with E-state index >= 15 is 0 Å². The van der Waals surface area contributed by atoms with Crippen molar-refractivity contribution in [3.63, 3.8) is 0 Å². The fourth-order valence-electron chi connectivity index (χ4n) is 4.03. The summed E-state index contributed by atoms with van der Waals surface area (Å²) in [6, 6.07) is 4.78. The maximum Gasteiger partial charge on any atom is 0.163 e. The van der Waals surface area contributed by atoms with E-state index in [1.54, 1.807) is 23.6 Å². The van der Waals surface area contributed by atoms with Crippen LogP contribution in [-0.4, -0.2) is 48.6 Å². The second kappa shape index (κ2) is 9.06. The van der Waals surface area contributed by atoms with Crippen LogP contribution >= 0.6 is 27.3 Å². The first-order valence-electron chi connectivity index (χ1n) is 10.8. The molecule has 3 aliphatic rings. The number of thiazole rings is 1. The average molecular weight is 515 g/mol. The van der Waals surface area contributed by atoms with Gasteiger partial charge in [0.15, 0.2) is 10.8 Å². The van der Waals surface area contributed by atoms with Crippen molar-refractivity contribution in [3.05, 3.63) is 61.9 Å². The van der Waals surface area contributed by atoms with Gasteiger partial charge in [0.1, 0.15) is 11.4 Å². The maximum atomic E-state index is 13.9. The fraction of sp³-hybridized carbons (Fsp3) is 0.417. The minimum absolute atomic E-state index is 0.287. The van der Waals surface area contributed by atoms with Crippen molar-refractivity contribution in [1.29, 1.82) is 0 Å². The predicted octanol–water partition coefficient (Wildman–Crippen LogP) is 4.31. The molecular weight excluding hydrogens is 491 g/mol. The van der Waals surface area contributed by atoms with Crippen LogP contribution in [0.1, 0.15) is 30.3 Å². The Morgan fingerprint density at radius 3 is 2.84 bits per heavy atom. The van der Waals surface area contributed by atoms with Gasteiger partial charge in [-0.3, -0.25) is 4.90 Å². The summed E-state index contributed by atoms with van der Waals surface area (Å²) in [6.45, 7) is 5.98. The van der Waals surface area contributed by atoms with Gasteiger partial charge in [0.05, 0.1) is 18.8 Å². The zero-order chi connectivity index (χ0) is 22.1. The highest BCUT2D eigenvalue weighted by atomic mass is 79.9. The first-order chi connectivity index (χ1) is 15.5. The number of hydrogen-bond donors (Lipinski definition) is 1. The van der Waals surface area contributed by atoms with Crippen molar-refractivity contribution in [2.45, 2.75) is 25.3 Å². The molecule has 32 heavy (non-hydrogen) atoms. The van der Waals surface area contributed by atoms with Crippen LogP contribution in [0.15, 0.2) is 50.5 Å². The number of rotatable bonds is 4. The Morgan fingerprint density at radius 1 is 1.34 bits per heavy atom. The molecule has 0 unspecified atom stereocenters. The molecule has 166 valence electrons. The number of nitrogens with zero attached hydrogens (tertiary/aromatic N) is 3. The predicted molar refractivity (Wildman–Crippen MR) is 128 cm³/mol. The van der Waals surface area contributed by atoms with Gasteiger partial charge >= 0.3 is 0 Å². The topological polar surface area (TPSA) is 49.8 Å². The monoisotopic (exact) mass is 514 g/mol. The quantitative estimate of drug-likeness (QED) is 0.617. The van der Waals surface area contributed by atoms with Gasteiger partial charge in [-0.25, -0.2) is 14.4 Å². The second-order valence-electron chi connectivity index (χ2n) is 8.40. The van der Waals surface area contributed by atoms with Gasteiger partial charge in [0.25, 0.3) is 0 Å². The van der Waals surface area contributed by atoms with Crippen molar-refractivity contribution in [3.8, 4) is 11.8 Å². The summed E-state index contributed by atoms with van der Waals surface area (Å²) in [5.74, 6) is 7.82. The fourth-order valence-corrected chi connectivity index (χ4v) is 5.35. The third kappa shape index (κ3) is 4.53. The SMILES string of the molecule is C[C@]1(c2ccc(F)cc2Br)N=C(c2nccs2)NC(CN2CCOCC2)=C1C#CC1CC1. The number of halogens is 2. The van der Waals surface area contributed by atoms with E-state index in [1.165, 1.54) is 12.1 Å². The summed E-state index contributed by atoms with van der Waals surface area (Å²) in [4.78, 5) is 12.0. The molecule has 5 rings (SSSR count). The highest BCUT2D eigenvalue weighted by Crippen LogP contribution is 2.42. The number of benzene rings is 1. The highest BCUT2D eigenvalue weighted by Gasteiger charge is 2.39. The van der Waals surface area contributed by atoms with Gasteiger partial charge in [0, 0.05) is 47.3 Å². The maximum absolute atomic E-state index is 13.9. The molecule has 1 atom stereocenters. The van der Waals surface area contributed by atoms with E-state index in [2.05, 4.69) is 49.9 Å². The molecule has 1 saturated carbocycles. The van der Waals surface area contributed by atoms with Gasteiger partial charge < -0.3 is 10.1 Å². The largest absolute Gasteiger partial charge is 0.379 e. The van der Waals surface area contributed by atoms with E-state index in [0.29, 0.717) is 10.4 Å². The van der Waals surface area contributed by atoms with Crippen LogP contribution < -0.4 is 5.32 Å². The molecule has 1 aromatic heterocycles. The number of ether oxygens (including phenoxy) is 1. The van der Waals surface area contributed by atoms with Gasteiger partial charge in [0.2, 0.25) is 0 Å². The molecular formula is C24H24BrFN4OS. The first-order valence-corrected chi connectivity index (χ1v) is 12.5. The molecule has 3 heterocycles. The van der Waals surface area contributed by atoms with Gasteiger partial charge in [-0.05, 0) is 37.5 Å². The summed E-state index contributed by atoms with van der Waals surface area (Å²) in [5.41, 5.74) is 2.07. The molecule has 2 aliphatic heterocycles. The van der Waals surface area contributed by atoms with Crippen LogP contribution in [0.3, 0.4) is 0 Å². The Balaban J connectivity index is 1.65. The lowest BCUT2D eigenvalue weighted by atomic mass is 9.82. The lowest BCUT2D eigenvalue weighted by Crippen LogP contribution is -2.45. The van der Waals surface area contributed by atoms with Crippen LogP contribution in [0, 0.1) is 23.6 Å². The van der Waals surface area contributed by atoms with Crippen molar-refractivity contribution < 1.29 is 9.13 Å². The molecule has 1 N–H and O–H groups in total. The summed E-state index contributed by atoms with van der Waals surface area (Å²) in [7, 11) is 0. The van der Waals surface area contributed by atoms with Crippen LogP contribution in [-0.2, 0) is 10.3 Å². The van der Waals surface area contributed by atoms with E-state index < -0.39 is 5.54 Å². The Labute approximate surface area is 199 Å². The van der Waals surface area contributed by atoms with E-state index in [1.807, 2.05) is 5.38 Å². The number of aliphatic imine (C=N–C) groups is 1. The third-order valence-corrected chi connectivity index (χ3v) is 7.38. The van der Waals surface area contributed by atoms with Crippen LogP contribution in [0.25, 0.3) is 0 Å². The highest BCUT2D eigenvalue weighted by molar-refractivity contribution is 9.10. The molecule has 0 bridgehead atoms. The molecule has 0 spiro atoms. The Bertz CT molecular complexity index is 1130. The molecule has 0 amide bonds. The number of amidine groups is 1.